The zero-order valence-corrected chi connectivity index (χ0v) is 29.5. The van der Waals surface area contributed by atoms with E-state index in [-0.39, 0.29) is 42.2 Å². The van der Waals surface area contributed by atoms with Gasteiger partial charge in [0, 0.05) is 17.8 Å². The minimum atomic E-state index is -1.70. The molecule has 0 radical (unpaired) electrons. The van der Waals surface area contributed by atoms with Crippen molar-refractivity contribution in [3.63, 3.8) is 0 Å². The van der Waals surface area contributed by atoms with Crippen LogP contribution >= 0.6 is 0 Å². The molecule has 7 heteroatoms. The van der Waals surface area contributed by atoms with E-state index in [4.69, 9.17) is 14.2 Å². The van der Waals surface area contributed by atoms with Gasteiger partial charge in [-0.1, -0.05) is 99.9 Å². The van der Waals surface area contributed by atoms with Crippen molar-refractivity contribution < 1.29 is 34.0 Å². The summed E-state index contributed by atoms with van der Waals surface area (Å²) in [4.78, 5) is 27.5. The third kappa shape index (κ3) is 4.53. The van der Waals surface area contributed by atoms with Crippen LogP contribution in [0.5, 0.6) is 0 Å². The van der Waals surface area contributed by atoms with Crippen LogP contribution in [0.3, 0.4) is 0 Å². The van der Waals surface area contributed by atoms with Crippen molar-refractivity contribution in [2.75, 3.05) is 6.61 Å². The zero-order chi connectivity index (χ0) is 33.7. The molecule has 4 aliphatic rings. The summed E-state index contributed by atoms with van der Waals surface area (Å²) in [6.45, 7) is 25.4. The van der Waals surface area contributed by atoms with E-state index in [2.05, 4.69) is 41.5 Å². The molecule has 1 aromatic carbocycles. The highest BCUT2D eigenvalue weighted by Crippen LogP contribution is 2.74. The average Bonchev–Trinajstić information content (AvgIpc) is 2.96. The molecule has 45 heavy (non-hydrogen) atoms. The molecule has 9 atom stereocenters. The van der Waals surface area contributed by atoms with Gasteiger partial charge in [0.25, 0.3) is 0 Å². The molecule has 1 heterocycles. The fourth-order valence-electron chi connectivity index (χ4n) is 9.94. The summed E-state index contributed by atoms with van der Waals surface area (Å²) in [6, 6.07) is 8.81. The number of hydrogen-bond donors (Lipinski definition) is 2. The highest BCUT2D eigenvalue weighted by atomic mass is 16.6. The van der Waals surface area contributed by atoms with E-state index in [1.807, 2.05) is 47.6 Å². The van der Waals surface area contributed by atoms with Crippen molar-refractivity contribution >= 4 is 11.9 Å². The standard InChI is InChI=1S/C38H56O7/c1-21(2)22(3)31(39)44-26-18-38(42)30(45-32(40)25-16-14-13-15-17-25)29-36(12,33(6,7)19-27-37(29,41)20-43-27)34(8,9)24(5)28(23(26)4)35(38,10)11/h13-17,21-22,24,26-27,29-30,41-42H,18-20H2,1-12H3/t22-,24-,26?,27?,29?,30?,36+,37?,38?/m1/s1. The number of rotatable bonds is 5. The zero-order valence-electron chi connectivity index (χ0n) is 29.5. The van der Waals surface area contributed by atoms with E-state index in [0.717, 1.165) is 11.1 Å². The summed E-state index contributed by atoms with van der Waals surface area (Å²) in [5.41, 5.74) is -3.07. The summed E-state index contributed by atoms with van der Waals surface area (Å²) in [5, 5.41) is 26.1. The second-order valence-electron chi connectivity index (χ2n) is 17.0. The summed E-state index contributed by atoms with van der Waals surface area (Å²) in [6.07, 6.45) is -1.63. The van der Waals surface area contributed by atoms with Crippen molar-refractivity contribution in [1.29, 1.82) is 0 Å². The maximum Gasteiger partial charge on any atom is 0.338 e. The van der Waals surface area contributed by atoms with Gasteiger partial charge in [0.2, 0.25) is 0 Å². The van der Waals surface area contributed by atoms with Gasteiger partial charge in [-0.3, -0.25) is 4.79 Å². The molecular formula is C38H56O7. The fourth-order valence-corrected chi connectivity index (χ4v) is 9.94. The smallest absolute Gasteiger partial charge is 0.338 e. The van der Waals surface area contributed by atoms with Gasteiger partial charge in [-0.05, 0) is 59.1 Å². The molecule has 1 aliphatic heterocycles. The Morgan fingerprint density at radius 1 is 0.933 bits per heavy atom. The molecule has 7 nitrogen and oxygen atoms in total. The number of fused-ring (bicyclic) bond motifs is 5. The van der Waals surface area contributed by atoms with Crippen LogP contribution in [-0.2, 0) is 19.0 Å². The number of benzene rings is 1. The summed E-state index contributed by atoms with van der Waals surface area (Å²) >= 11 is 0. The normalized spacial score (nSPS) is 40.2. The van der Waals surface area contributed by atoms with E-state index >= 15 is 0 Å². The monoisotopic (exact) mass is 624 g/mol. The Morgan fingerprint density at radius 2 is 1.53 bits per heavy atom. The van der Waals surface area contributed by atoms with Gasteiger partial charge in [-0.15, -0.1) is 0 Å². The maximum absolute atomic E-state index is 14.0. The van der Waals surface area contributed by atoms with Crippen molar-refractivity contribution in [1.82, 2.24) is 0 Å². The lowest BCUT2D eigenvalue weighted by atomic mass is 9.34. The Morgan fingerprint density at radius 3 is 2.07 bits per heavy atom. The first kappa shape index (κ1) is 34.1. The third-order valence-electron chi connectivity index (χ3n) is 14.0. The largest absolute Gasteiger partial charge is 0.458 e. The lowest BCUT2D eigenvalue weighted by molar-refractivity contribution is -0.373. The molecular weight excluding hydrogens is 568 g/mol. The van der Waals surface area contributed by atoms with Crippen LogP contribution in [-0.4, -0.2) is 58.3 Å². The topological polar surface area (TPSA) is 102 Å². The Bertz CT molecular complexity index is 1380. The van der Waals surface area contributed by atoms with E-state index in [0.29, 0.717) is 12.0 Å². The van der Waals surface area contributed by atoms with Crippen LogP contribution in [0.1, 0.15) is 106 Å². The van der Waals surface area contributed by atoms with Crippen LogP contribution in [0.2, 0.25) is 0 Å². The van der Waals surface area contributed by atoms with Gasteiger partial charge in [0.05, 0.1) is 24.2 Å². The summed E-state index contributed by atoms with van der Waals surface area (Å²) in [7, 11) is 0. The second-order valence-corrected chi connectivity index (χ2v) is 17.0. The molecule has 3 fully saturated rings. The molecule has 6 unspecified atom stereocenters. The molecule has 0 aromatic heterocycles. The predicted octanol–water partition coefficient (Wildman–Crippen LogP) is 6.75. The van der Waals surface area contributed by atoms with Crippen LogP contribution in [0.25, 0.3) is 0 Å². The quantitative estimate of drug-likeness (QED) is 0.276. The Labute approximate surface area is 270 Å². The Hall–Kier alpha value is -2.22. The van der Waals surface area contributed by atoms with Gasteiger partial charge in [0.1, 0.15) is 23.4 Å². The summed E-state index contributed by atoms with van der Waals surface area (Å²) < 4.78 is 18.9. The fraction of sp³-hybridized carbons (Fsp3) is 0.737. The van der Waals surface area contributed by atoms with E-state index in [9.17, 15) is 19.8 Å². The molecule has 1 saturated heterocycles. The van der Waals surface area contributed by atoms with Crippen LogP contribution in [0.4, 0.5) is 0 Å². The Balaban J connectivity index is 1.80. The van der Waals surface area contributed by atoms with Crippen molar-refractivity contribution in [2.24, 2.45) is 45.3 Å². The van der Waals surface area contributed by atoms with E-state index in [1.165, 1.54) is 0 Å². The first-order valence-electron chi connectivity index (χ1n) is 16.8. The molecule has 2 N–H and O–H groups in total. The van der Waals surface area contributed by atoms with Crippen molar-refractivity contribution in [3.8, 4) is 0 Å². The van der Waals surface area contributed by atoms with E-state index in [1.54, 1.807) is 24.3 Å². The Kier molecular flexibility index (Phi) is 8.07. The van der Waals surface area contributed by atoms with Crippen molar-refractivity contribution in [2.45, 2.75) is 125 Å². The highest BCUT2D eigenvalue weighted by molar-refractivity contribution is 5.89. The van der Waals surface area contributed by atoms with Crippen LogP contribution in [0, 0.1) is 45.3 Å². The molecule has 5 rings (SSSR count). The molecule has 3 aliphatic carbocycles. The van der Waals surface area contributed by atoms with Gasteiger partial charge in [-0.25, -0.2) is 4.79 Å². The lowest BCUT2D eigenvalue weighted by Crippen LogP contribution is -2.81. The molecule has 250 valence electrons. The minimum Gasteiger partial charge on any atom is -0.458 e. The third-order valence-corrected chi connectivity index (χ3v) is 14.0. The summed E-state index contributed by atoms with van der Waals surface area (Å²) in [5.74, 6) is -1.88. The van der Waals surface area contributed by atoms with Crippen LogP contribution in [0.15, 0.2) is 41.5 Å². The number of aliphatic hydroxyl groups is 2. The second kappa shape index (κ2) is 10.6. The number of carbonyl (C=O) groups excluding carboxylic acids is 2. The number of esters is 2. The van der Waals surface area contributed by atoms with Gasteiger partial charge >= 0.3 is 11.9 Å². The molecule has 0 amide bonds. The molecule has 0 spiro atoms. The van der Waals surface area contributed by atoms with Gasteiger partial charge in [-0.2, -0.15) is 0 Å². The average molecular weight is 625 g/mol. The first-order chi connectivity index (χ1) is 20.6. The maximum atomic E-state index is 14.0. The lowest BCUT2D eigenvalue weighted by Gasteiger charge is -2.74. The van der Waals surface area contributed by atoms with Crippen molar-refractivity contribution in [3.05, 3.63) is 47.0 Å². The number of carbonyl (C=O) groups is 2. The van der Waals surface area contributed by atoms with Crippen LogP contribution < -0.4 is 0 Å². The van der Waals surface area contributed by atoms with Gasteiger partial charge < -0.3 is 24.4 Å². The molecule has 1 aromatic rings. The minimum absolute atomic E-state index is 0.0420. The SMILES string of the molecule is CC1=C2[C@@H](C)C(C)(C)[C@@]3(C)C(C(OC(=O)c4ccccc4)C(O)(CC1OC(=O)[C@H](C)C(C)C)C2(C)C)C1(O)COC1CC3(C)C. The highest BCUT2D eigenvalue weighted by Gasteiger charge is 2.78. The molecule has 2 saturated carbocycles. The van der Waals surface area contributed by atoms with E-state index < -0.39 is 57.6 Å². The molecule has 2 bridgehead atoms. The predicted molar refractivity (Wildman–Crippen MR) is 173 cm³/mol. The van der Waals surface area contributed by atoms with Gasteiger partial charge in [0.15, 0.2) is 0 Å². The first-order valence-corrected chi connectivity index (χ1v) is 16.8. The number of hydrogen-bond acceptors (Lipinski definition) is 7. The number of ether oxygens (including phenoxy) is 3.